The third-order valence-corrected chi connectivity index (χ3v) is 6.53. The number of hydrogen-bond donors (Lipinski definition) is 0. The number of ether oxygens (including phenoxy) is 1. The Balaban J connectivity index is 1.71. The minimum Gasteiger partial charge on any atom is -0.444 e. The maximum atomic E-state index is 12.5. The van der Waals surface area contributed by atoms with E-state index in [0.717, 1.165) is 42.8 Å². The second kappa shape index (κ2) is 7.86. The summed E-state index contributed by atoms with van der Waals surface area (Å²) in [6.07, 6.45) is 1.83. The van der Waals surface area contributed by atoms with Gasteiger partial charge in [-0.25, -0.2) is 4.79 Å². The van der Waals surface area contributed by atoms with Crippen LogP contribution < -0.4 is 5.46 Å². The van der Waals surface area contributed by atoms with Crippen LogP contribution in [0.3, 0.4) is 0 Å². The van der Waals surface area contributed by atoms with Gasteiger partial charge in [0.05, 0.1) is 16.9 Å². The van der Waals surface area contributed by atoms with Crippen LogP contribution in [0.4, 0.5) is 4.79 Å². The average molecular weight is 419 g/mol. The van der Waals surface area contributed by atoms with E-state index in [-0.39, 0.29) is 17.3 Å². The van der Waals surface area contributed by atoms with Crippen molar-refractivity contribution in [2.24, 2.45) is 5.92 Å². The van der Waals surface area contributed by atoms with E-state index in [2.05, 4.69) is 39.3 Å². The highest BCUT2D eigenvalue weighted by Crippen LogP contribution is 2.37. The number of amides is 1. The average Bonchev–Trinajstić information content (AvgIpc) is 2.97. The van der Waals surface area contributed by atoms with Crippen molar-refractivity contribution < 1.29 is 18.8 Å². The first-order valence-electron chi connectivity index (χ1n) is 11.1. The molecule has 1 aromatic heterocycles. The van der Waals surface area contributed by atoms with Crippen LogP contribution in [-0.4, -0.2) is 57.8 Å². The Morgan fingerprint density at radius 3 is 2.37 bits per heavy atom. The molecule has 0 spiro atoms. The zero-order valence-electron chi connectivity index (χ0n) is 20.2. The fraction of sp³-hybridized carbons (Fsp3) is 0.818. The number of piperidine rings is 1. The van der Waals surface area contributed by atoms with E-state index < -0.39 is 12.7 Å². The van der Waals surface area contributed by atoms with Gasteiger partial charge in [0.15, 0.2) is 0 Å². The first-order chi connectivity index (χ1) is 13.7. The Bertz CT molecular complexity index is 781. The molecule has 0 aromatic carbocycles. The number of rotatable bonds is 3. The summed E-state index contributed by atoms with van der Waals surface area (Å²) in [7, 11) is -0.409. The van der Waals surface area contributed by atoms with Gasteiger partial charge >= 0.3 is 13.2 Å². The van der Waals surface area contributed by atoms with E-state index in [1.807, 2.05) is 32.6 Å². The lowest BCUT2D eigenvalue weighted by molar-refractivity contribution is 0.00578. The number of carbonyl (C=O) groups is 1. The third kappa shape index (κ3) is 4.69. The number of carbonyl (C=O) groups excluding carboxylic acids is 1. The molecular formula is C22H38BN3O4. The summed E-state index contributed by atoms with van der Waals surface area (Å²) >= 11 is 0. The maximum absolute atomic E-state index is 12.5. The fourth-order valence-corrected chi connectivity index (χ4v) is 4.14. The predicted octanol–water partition coefficient (Wildman–Crippen LogP) is 3.45. The van der Waals surface area contributed by atoms with Gasteiger partial charge in [0, 0.05) is 30.8 Å². The molecule has 30 heavy (non-hydrogen) atoms. The molecule has 0 N–H and O–H groups in total. The van der Waals surface area contributed by atoms with Crippen molar-refractivity contribution in [3.8, 4) is 0 Å². The zero-order valence-corrected chi connectivity index (χ0v) is 20.2. The standard InChI is InChI=1S/C22H38BN3O4/c1-15-18(23-29-21(6,7)22(8,9)30-23)16(2)26(24-15)14-17-11-10-12-25(13-17)19(27)28-20(3,4)5/h17H,10-14H2,1-9H3. The first-order valence-corrected chi connectivity index (χ1v) is 11.1. The van der Waals surface area contributed by atoms with Gasteiger partial charge in [-0.2, -0.15) is 5.10 Å². The van der Waals surface area contributed by atoms with Crippen molar-refractivity contribution in [3.63, 3.8) is 0 Å². The second-order valence-corrected chi connectivity index (χ2v) is 10.8. The van der Waals surface area contributed by atoms with Gasteiger partial charge in [0.1, 0.15) is 5.60 Å². The fourth-order valence-electron chi connectivity index (χ4n) is 4.14. The van der Waals surface area contributed by atoms with Crippen molar-refractivity contribution in [3.05, 3.63) is 11.4 Å². The van der Waals surface area contributed by atoms with Crippen LogP contribution in [0.1, 0.15) is 72.7 Å². The predicted molar refractivity (Wildman–Crippen MR) is 118 cm³/mol. The highest BCUT2D eigenvalue weighted by atomic mass is 16.7. The summed E-state index contributed by atoms with van der Waals surface area (Å²) < 4.78 is 20.1. The van der Waals surface area contributed by atoms with E-state index in [0.29, 0.717) is 12.5 Å². The molecule has 0 bridgehead atoms. The Kier molecular flexibility index (Phi) is 6.06. The van der Waals surface area contributed by atoms with E-state index >= 15 is 0 Å². The normalized spacial score (nSPS) is 23.7. The Morgan fingerprint density at radius 1 is 1.20 bits per heavy atom. The number of aromatic nitrogens is 2. The van der Waals surface area contributed by atoms with Crippen molar-refractivity contribution in [2.75, 3.05) is 13.1 Å². The molecule has 3 heterocycles. The van der Waals surface area contributed by atoms with Crippen molar-refractivity contribution in [1.29, 1.82) is 0 Å². The third-order valence-electron chi connectivity index (χ3n) is 6.53. The van der Waals surface area contributed by atoms with Crippen molar-refractivity contribution in [2.45, 2.75) is 98.5 Å². The topological polar surface area (TPSA) is 65.8 Å². The number of nitrogens with zero attached hydrogens (tertiary/aromatic N) is 3. The molecule has 2 fully saturated rings. The lowest BCUT2D eigenvalue weighted by Crippen LogP contribution is -2.44. The van der Waals surface area contributed by atoms with Crippen LogP contribution in [0.15, 0.2) is 0 Å². The molecule has 0 saturated carbocycles. The van der Waals surface area contributed by atoms with Gasteiger partial charge in [-0.1, -0.05) is 0 Å². The molecule has 0 radical (unpaired) electrons. The Hall–Kier alpha value is -1.54. The molecule has 2 saturated heterocycles. The van der Waals surface area contributed by atoms with E-state index in [9.17, 15) is 4.79 Å². The number of likely N-dealkylation sites (tertiary alicyclic amines) is 1. The van der Waals surface area contributed by atoms with Gasteiger partial charge in [0.25, 0.3) is 0 Å². The van der Waals surface area contributed by atoms with E-state index in [4.69, 9.17) is 19.1 Å². The largest absolute Gasteiger partial charge is 0.498 e. The van der Waals surface area contributed by atoms with Crippen LogP contribution in [-0.2, 0) is 20.6 Å². The molecule has 7 nitrogen and oxygen atoms in total. The second-order valence-electron chi connectivity index (χ2n) is 10.8. The minimum absolute atomic E-state index is 0.224. The Labute approximate surface area is 181 Å². The van der Waals surface area contributed by atoms with Crippen LogP contribution >= 0.6 is 0 Å². The lowest BCUT2D eigenvalue weighted by Gasteiger charge is -2.34. The van der Waals surface area contributed by atoms with Gasteiger partial charge in [-0.3, -0.25) is 4.68 Å². The molecule has 1 amide bonds. The highest BCUT2D eigenvalue weighted by Gasteiger charge is 2.53. The molecule has 0 aliphatic carbocycles. The summed E-state index contributed by atoms with van der Waals surface area (Å²) in [6.45, 7) is 20.3. The van der Waals surface area contributed by atoms with Crippen LogP contribution in [0.25, 0.3) is 0 Å². The molecule has 1 unspecified atom stereocenters. The molecule has 2 aliphatic rings. The summed E-state index contributed by atoms with van der Waals surface area (Å²) in [6, 6.07) is 0. The molecule has 1 atom stereocenters. The van der Waals surface area contributed by atoms with Crippen molar-refractivity contribution >= 4 is 18.7 Å². The van der Waals surface area contributed by atoms with Gasteiger partial charge in [-0.15, -0.1) is 0 Å². The number of aryl methyl sites for hydroxylation is 1. The van der Waals surface area contributed by atoms with E-state index in [1.54, 1.807) is 0 Å². The summed E-state index contributed by atoms with van der Waals surface area (Å²) in [5.74, 6) is 0.343. The smallest absolute Gasteiger partial charge is 0.444 e. The quantitative estimate of drug-likeness (QED) is 0.703. The molecule has 1 aromatic rings. The number of hydrogen-bond acceptors (Lipinski definition) is 5. The van der Waals surface area contributed by atoms with Crippen LogP contribution in [0.5, 0.6) is 0 Å². The maximum Gasteiger partial charge on any atom is 0.498 e. The lowest BCUT2D eigenvalue weighted by atomic mass is 9.77. The highest BCUT2D eigenvalue weighted by molar-refractivity contribution is 6.63. The molecule has 3 rings (SSSR count). The summed E-state index contributed by atoms with van der Waals surface area (Å²) in [5, 5.41) is 4.80. The van der Waals surface area contributed by atoms with Gasteiger partial charge in [0.2, 0.25) is 0 Å². The SMILES string of the molecule is Cc1nn(CC2CCCN(C(=O)OC(C)(C)C)C2)c(C)c1B1OC(C)(C)C(C)(C)O1. The van der Waals surface area contributed by atoms with E-state index in [1.165, 1.54) is 0 Å². The minimum atomic E-state index is -0.475. The van der Waals surface area contributed by atoms with Crippen LogP contribution in [0, 0.1) is 19.8 Å². The zero-order chi connectivity index (χ0) is 22.5. The molecule has 8 heteroatoms. The first kappa shape index (κ1) is 23.1. The summed E-state index contributed by atoms with van der Waals surface area (Å²) in [5.41, 5.74) is 1.79. The molecule has 2 aliphatic heterocycles. The monoisotopic (exact) mass is 419 g/mol. The molecular weight excluding hydrogens is 381 g/mol. The summed E-state index contributed by atoms with van der Waals surface area (Å²) in [4.78, 5) is 14.3. The Morgan fingerprint density at radius 2 is 1.80 bits per heavy atom. The van der Waals surface area contributed by atoms with Gasteiger partial charge in [-0.05, 0) is 81.1 Å². The van der Waals surface area contributed by atoms with Crippen molar-refractivity contribution in [1.82, 2.24) is 14.7 Å². The van der Waals surface area contributed by atoms with Gasteiger partial charge < -0.3 is 18.9 Å². The molecule has 168 valence electrons. The van der Waals surface area contributed by atoms with Crippen LogP contribution in [0.2, 0.25) is 0 Å².